The van der Waals surface area contributed by atoms with E-state index >= 15 is 0 Å². The van der Waals surface area contributed by atoms with Gasteiger partial charge in [-0.3, -0.25) is 4.57 Å². The molecule has 3 nitrogen and oxygen atoms in total. The number of para-hydroxylation sites is 1. The summed E-state index contributed by atoms with van der Waals surface area (Å²) in [6.07, 6.45) is 3.93. The van der Waals surface area contributed by atoms with Gasteiger partial charge in [-0.05, 0) is 62.1 Å². The van der Waals surface area contributed by atoms with E-state index in [1.807, 2.05) is 23.7 Å². The molecule has 4 heteroatoms. The maximum absolute atomic E-state index is 4.97. The zero-order valence-corrected chi connectivity index (χ0v) is 24.3. The normalized spacial score (nSPS) is 12.1. The summed E-state index contributed by atoms with van der Waals surface area (Å²) in [5.74, 6) is 0.678. The molecule has 0 unspecified atom stereocenters. The third-order valence-electron chi connectivity index (χ3n) is 9.10. The van der Waals surface area contributed by atoms with Crippen LogP contribution in [-0.4, -0.2) is 14.5 Å². The number of benzene rings is 7. The van der Waals surface area contributed by atoms with Gasteiger partial charge >= 0.3 is 0 Å². The molecule has 0 radical (unpaired) electrons. The maximum Gasteiger partial charge on any atom is 0.234 e. The molecular formula is C40H23N3S. The van der Waals surface area contributed by atoms with Gasteiger partial charge in [0.15, 0.2) is 0 Å². The molecule has 3 aromatic heterocycles. The first-order chi connectivity index (χ1) is 21.8. The van der Waals surface area contributed by atoms with E-state index < -0.39 is 0 Å². The van der Waals surface area contributed by atoms with Crippen molar-refractivity contribution in [1.29, 1.82) is 0 Å². The zero-order chi connectivity index (χ0) is 28.8. The molecule has 0 amide bonds. The molecule has 3 heterocycles. The average Bonchev–Trinajstić information content (AvgIpc) is 3.64. The Labute approximate surface area is 256 Å². The largest absolute Gasteiger partial charge is 0.278 e. The van der Waals surface area contributed by atoms with Crippen LogP contribution in [0, 0.1) is 0 Å². The lowest BCUT2D eigenvalue weighted by molar-refractivity contribution is 0.990. The third kappa shape index (κ3) is 3.26. The molecule has 0 atom stereocenters. The Bertz CT molecular complexity index is 2730. The molecule has 10 aromatic rings. The highest BCUT2D eigenvalue weighted by atomic mass is 32.1. The summed E-state index contributed by atoms with van der Waals surface area (Å²) >= 11 is 1.86. The SMILES string of the molecule is c1ccc2c(c1)sc1c2ccc2c1c1ccccc1n2-c1ncc(-c2ccc3c4ccccc4c4ccccc4c3c2)cn1. The predicted octanol–water partition coefficient (Wildman–Crippen LogP) is 11.1. The van der Waals surface area contributed by atoms with Crippen molar-refractivity contribution in [3.8, 4) is 17.1 Å². The van der Waals surface area contributed by atoms with Crippen LogP contribution in [0.1, 0.15) is 0 Å². The number of hydrogen-bond acceptors (Lipinski definition) is 3. The van der Waals surface area contributed by atoms with Gasteiger partial charge < -0.3 is 0 Å². The number of thiophene rings is 1. The van der Waals surface area contributed by atoms with E-state index in [4.69, 9.17) is 9.97 Å². The van der Waals surface area contributed by atoms with Crippen LogP contribution in [0.2, 0.25) is 0 Å². The molecule has 0 saturated carbocycles. The quantitative estimate of drug-likeness (QED) is 0.191. The fourth-order valence-corrected chi connectivity index (χ4v) is 8.38. The lowest BCUT2D eigenvalue weighted by Crippen LogP contribution is -2.00. The summed E-state index contributed by atoms with van der Waals surface area (Å²) in [7, 11) is 0. The van der Waals surface area contributed by atoms with Crippen molar-refractivity contribution < 1.29 is 0 Å². The van der Waals surface area contributed by atoms with Crippen LogP contribution in [0.5, 0.6) is 0 Å². The second kappa shape index (κ2) is 8.96. The minimum atomic E-state index is 0.678. The molecule has 0 fully saturated rings. The summed E-state index contributed by atoms with van der Waals surface area (Å²) in [5, 5.41) is 12.7. The van der Waals surface area contributed by atoms with E-state index in [1.54, 1.807) is 0 Å². The van der Waals surface area contributed by atoms with Gasteiger partial charge in [-0.2, -0.15) is 0 Å². The van der Waals surface area contributed by atoms with Crippen LogP contribution < -0.4 is 0 Å². The van der Waals surface area contributed by atoms with Gasteiger partial charge in [0.1, 0.15) is 0 Å². The van der Waals surface area contributed by atoms with Gasteiger partial charge in [0.25, 0.3) is 0 Å². The topological polar surface area (TPSA) is 30.7 Å². The Balaban J connectivity index is 1.16. The maximum atomic E-state index is 4.97. The molecule has 44 heavy (non-hydrogen) atoms. The first-order valence-corrected chi connectivity index (χ1v) is 15.6. The summed E-state index contributed by atoms with van der Waals surface area (Å²) in [5.41, 5.74) is 4.35. The third-order valence-corrected chi connectivity index (χ3v) is 10.3. The number of hydrogen-bond donors (Lipinski definition) is 0. The van der Waals surface area contributed by atoms with Gasteiger partial charge in [0.05, 0.1) is 11.0 Å². The van der Waals surface area contributed by atoms with Gasteiger partial charge in [-0.1, -0.05) is 103 Å². The Morgan fingerprint density at radius 1 is 0.432 bits per heavy atom. The van der Waals surface area contributed by atoms with Crippen LogP contribution in [0.3, 0.4) is 0 Å². The Morgan fingerprint density at radius 2 is 1.00 bits per heavy atom. The van der Waals surface area contributed by atoms with Gasteiger partial charge in [0.2, 0.25) is 5.95 Å². The second-order valence-corrected chi connectivity index (χ2v) is 12.5. The van der Waals surface area contributed by atoms with E-state index in [0.29, 0.717) is 5.95 Å². The summed E-state index contributed by atoms with van der Waals surface area (Å²) in [6.45, 7) is 0. The van der Waals surface area contributed by atoms with Crippen LogP contribution in [0.15, 0.2) is 140 Å². The minimum Gasteiger partial charge on any atom is -0.278 e. The molecule has 7 aromatic carbocycles. The number of aromatic nitrogens is 3. The summed E-state index contributed by atoms with van der Waals surface area (Å²) in [6, 6.07) is 45.9. The lowest BCUT2D eigenvalue weighted by atomic mass is 9.92. The Kier molecular flexibility index (Phi) is 4.87. The molecule has 0 bridgehead atoms. The van der Waals surface area contributed by atoms with E-state index in [9.17, 15) is 0 Å². The highest BCUT2D eigenvalue weighted by molar-refractivity contribution is 7.26. The van der Waals surface area contributed by atoms with Crippen molar-refractivity contribution in [2.45, 2.75) is 0 Å². The predicted molar refractivity (Wildman–Crippen MR) is 187 cm³/mol. The molecule has 0 spiro atoms. The fraction of sp³-hybridized carbons (Fsp3) is 0. The van der Waals surface area contributed by atoms with Gasteiger partial charge in [-0.25, -0.2) is 9.97 Å². The molecule has 0 N–H and O–H groups in total. The summed E-state index contributed by atoms with van der Waals surface area (Å²) < 4.78 is 4.83. The van der Waals surface area contributed by atoms with Gasteiger partial charge in [-0.15, -0.1) is 11.3 Å². The van der Waals surface area contributed by atoms with Crippen molar-refractivity contribution in [3.05, 3.63) is 140 Å². The minimum absolute atomic E-state index is 0.678. The van der Waals surface area contributed by atoms with Crippen molar-refractivity contribution in [3.63, 3.8) is 0 Å². The first-order valence-electron chi connectivity index (χ1n) is 14.8. The second-order valence-electron chi connectivity index (χ2n) is 11.4. The smallest absolute Gasteiger partial charge is 0.234 e. The molecule has 0 saturated heterocycles. The molecular weight excluding hydrogens is 555 g/mol. The molecule has 0 aliphatic rings. The van der Waals surface area contributed by atoms with E-state index in [1.165, 1.54) is 63.3 Å². The number of rotatable bonds is 2. The summed E-state index contributed by atoms with van der Waals surface area (Å²) in [4.78, 5) is 9.94. The van der Waals surface area contributed by atoms with Crippen LogP contribution in [0.25, 0.3) is 91.4 Å². The Morgan fingerprint density at radius 3 is 1.73 bits per heavy atom. The van der Waals surface area contributed by atoms with Gasteiger partial charge in [0, 0.05) is 48.9 Å². The van der Waals surface area contributed by atoms with E-state index in [0.717, 1.165) is 22.2 Å². The molecule has 10 rings (SSSR count). The molecule has 0 aliphatic carbocycles. The van der Waals surface area contributed by atoms with Crippen molar-refractivity contribution in [1.82, 2.24) is 14.5 Å². The van der Waals surface area contributed by atoms with Crippen molar-refractivity contribution in [2.75, 3.05) is 0 Å². The van der Waals surface area contributed by atoms with E-state index in [2.05, 4.69) is 132 Å². The standard InChI is InChI=1S/C40H23N3S/c1-2-11-28-26(9-1)27-10-3-4-12-29(27)34-21-24(17-18-30(28)34)25-22-41-40(42-23-25)43-35-15-7-5-14-33(35)38-36(43)20-19-32-31-13-6-8-16-37(31)44-39(32)38/h1-23H. The van der Waals surface area contributed by atoms with Crippen LogP contribution in [0.4, 0.5) is 0 Å². The zero-order valence-electron chi connectivity index (χ0n) is 23.5. The van der Waals surface area contributed by atoms with Crippen molar-refractivity contribution >= 4 is 85.6 Å². The first kappa shape index (κ1) is 23.9. The number of fused-ring (bicyclic) bond motifs is 13. The van der Waals surface area contributed by atoms with Crippen molar-refractivity contribution in [2.24, 2.45) is 0 Å². The van der Waals surface area contributed by atoms with E-state index in [-0.39, 0.29) is 0 Å². The highest BCUT2D eigenvalue weighted by Gasteiger charge is 2.18. The average molecular weight is 578 g/mol. The Hall–Kier alpha value is -5.58. The molecule has 204 valence electrons. The van der Waals surface area contributed by atoms with Crippen LogP contribution >= 0.6 is 11.3 Å². The monoisotopic (exact) mass is 577 g/mol. The molecule has 0 aliphatic heterocycles. The number of nitrogens with zero attached hydrogens (tertiary/aromatic N) is 3. The lowest BCUT2D eigenvalue weighted by Gasteiger charge is -2.12. The fourth-order valence-electron chi connectivity index (χ4n) is 7.12. The highest BCUT2D eigenvalue weighted by Crippen LogP contribution is 2.43. The van der Waals surface area contributed by atoms with Crippen LogP contribution in [-0.2, 0) is 0 Å².